The molecule has 156 valence electrons. The number of fused-ring (bicyclic) bond motifs is 1. The number of amides is 2. The largest absolute Gasteiger partial charge is 0.350 e. The van der Waals surface area contributed by atoms with Crippen molar-refractivity contribution in [2.75, 3.05) is 12.4 Å². The molecular formula is C26H25N3O2. The van der Waals surface area contributed by atoms with Gasteiger partial charge in [-0.2, -0.15) is 0 Å². The van der Waals surface area contributed by atoms with Crippen LogP contribution in [0.15, 0.2) is 79.0 Å². The summed E-state index contributed by atoms with van der Waals surface area (Å²) in [6, 6.07) is 23.3. The number of aromatic nitrogens is 1. The molecule has 0 aliphatic rings. The summed E-state index contributed by atoms with van der Waals surface area (Å²) >= 11 is 0. The van der Waals surface area contributed by atoms with Crippen molar-refractivity contribution < 1.29 is 9.59 Å². The Morgan fingerprint density at radius 2 is 1.71 bits per heavy atom. The molecule has 0 saturated carbocycles. The molecule has 3 aromatic carbocycles. The van der Waals surface area contributed by atoms with Gasteiger partial charge >= 0.3 is 0 Å². The van der Waals surface area contributed by atoms with Gasteiger partial charge in [0.2, 0.25) is 5.91 Å². The van der Waals surface area contributed by atoms with Crippen LogP contribution < -0.4 is 5.32 Å². The van der Waals surface area contributed by atoms with E-state index < -0.39 is 0 Å². The molecule has 0 radical (unpaired) electrons. The lowest BCUT2D eigenvalue weighted by Crippen LogP contribution is -2.26. The monoisotopic (exact) mass is 411 g/mol. The third kappa shape index (κ3) is 4.21. The minimum atomic E-state index is -0.128. The molecule has 0 atom stereocenters. The molecule has 31 heavy (non-hydrogen) atoms. The smallest absolute Gasteiger partial charge is 0.254 e. The molecule has 0 spiro atoms. The summed E-state index contributed by atoms with van der Waals surface area (Å²) in [6.07, 6.45) is 2.08. The average Bonchev–Trinajstić information content (AvgIpc) is 3.08. The van der Waals surface area contributed by atoms with Gasteiger partial charge in [-0.05, 0) is 41.0 Å². The molecule has 4 aromatic rings. The molecule has 0 aliphatic carbocycles. The maximum atomic E-state index is 13.4. The maximum Gasteiger partial charge on any atom is 0.254 e. The Hall–Kier alpha value is -3.86. The van der Waals surface area contributed by atoms with Crippen LogP contribution in [0.3, 0.4) is 0 Å². The molecule has 2 amide bonds. The predicted octanol–water partition coefficient (Wildman–Crippen LogP) is 5.08. The van der Waals surface area contributed by atoms with Gasteiger partial charge in [0.25, 0.3) is 5.91 Å². The Balaban J connectivity index is 1.64. The van der Waals surface area contributed by atoms with Crippen LogP contribution in [0.2, 0.25) is 0 Å². The maximum absolute atomic E-state index is 13.4. The summed E-state index contributed by atoms with van der Waals surface area (Å²) in [7, 11) is 3.85. The first-order valence-electron chi connectivity index (χ1n) is 10.2. The summed E-state index contributed by atoms with van der Waals surface area (Å²) < 4.78 is 2.09. The fourth-order valence-corrected chi connectivity index (χ4v) is 3.97. The number of anilines is 1. The first kappa shape index (κ1) is 20.4. The lowest BCUT2D eigenvalue weighted by Gasteiger charge is -2.19. The van der Waals surface area contributed by atoms with E-state index in [-0.39, 0.29) is 11.8 Å². The molecule has 0 saturated heterocycles. The van der Waals surface area contributed by atoms with Crippen LogP contribution in [0.4, 0.5) is 5.69 Å². The lowest BCUT2D eigenvalue weighted by molar-refractivity contribution is -0.114. The number of aryl methyl sites for hydroxylation is 1. The predicted molar refractivity (Wildman–Crippen MR) is 125 cm³/mol. The first-order valence-corrected chi connectivity index (χ1v) is 10.2. The topological polar surface area (TPSA) is 54.3 Å². The zero-order chi connectivity index (χ0) is 22.0. The number of para-hydroxylation sites is 1. The minimum Gasteiger partial charge on any atom is -0.350 e. The summed E-state index contributed by atoms with van der Waals surface area (Å²) in [5, 5.41) is 3.96. The zero-order valence-electron chi connectivity index (χ0n) is 17.9. The van der Waals surface area contributed by atoms with Crippen LogP contribution in [0.5, 0.6) is 0 Å². The van der Waals surface area contributed by atoms with Crippen molar-refractivity contribution in [3.63, 3.8) is 0 Å². The third-order valence-corrected chi connectivity index (χ3v) is 5.39. The molecule has 1 N–H and O–H groups in total. The van der Waals surface area contributed by atoms with Crippen LogP contribution >= 0.6 is 0 Å². The second-order valence-electron chi connectivity index (χ2n) is 7.75. The summed E-state index contributed by atoms with van der Waals surface area (Å²) in [5.74, 6) is -0.176. The standard InChI is InChI=1S/C26H25N3O2/c1-18(30)27-21-10-8-9-19(15-21)22-11-4-5-13-24(22)26(31)29(3)17-20-16-28(2)25-14-7-6-12-23(20)25/h4-16H,17H2,1-3H3,(H,27,30). The number of nitrogens with one attached hydrogen (secondary N) is 1. The van der Waals surface area contributed by atoms with Crippen molar-refractivity contribution in [1.29, 1.82) is 0 Å². The molecule has 1 aromatic heterocycles. The Morgan fingerprint density at radius 3 is 2.52 bits per heavy atom. The van der Waals surface area contributed by atoms with Crippen molar-refractivity contribution in [2.24, 2.45) is 7.05 Å². The number of nitrogens with zero attached hydrogens (tertiary/aromatic N) is 2. The molecule has 5 nitrogen and oxygen atoms in total. The van der Waals surface area contributed by atoms with Gasteiger partial charge in [0.15, 0.2) is 0 Å². The zero-order valence-corrected chi connectivity index (χ0v) is 17.9. The van der Waals surface area contributed by atoms with Crippen LogP contribution in [-0.2, 0) is 18.4 Å². The van der Waals surface area contributed by atoms with Gasteiger partial charge in [0.05, 0.1) is 0 Å². The highest BCUT2D eigenvalue weighted by molar-refractivity contribution is 6.01. The highest BCUT2D eigenvalue weighted by Gasteiger charge is 2.18. The van der Waals surface area contributed by atoms with E-state index in [1.165, 1.54) is 6.92 Å². The molecule has 5 heteroatoms. The number of hydrogen-bond donors (Lipinski definition) is 1. The van der Waals surface area contributed by atoms with Crippen LogP contribution in [0.1, 0.15) is 22.8 Å². The number of carbonyl (C=O) groups excluding carboxylic acids is 2. The normalized spacial score (nSPS) is 10.8. The number of rotatable bonds is 5. The Morgan fingerprint density at radius 1 is 0.968 bits per heavy atom. The van der Waals surface area contributed by atoms with E-state index in [4.69, 9.17) is 0 Å². The van der Waals surface area contributed by atoms with E-state index in [0.29, 0.717) is 17.8 Å². The van der Waals surface area contributed by atoms with Crippen LogP contribution in [0, 0.1) is 0 Å². The fraction of sp³-hybridized carbons (Fsp3) is 0.154. The quantitative estimate of drug-likeness (QED) is 0.498. The molecule has 0 bridgehead atoms. The summed E-state index contributed by atoms with van der Waals surface area (Å²) in [4.78, 5) is 26.6. The first-order chi connectivity index (χ1) is 14.9. The third-order valence-electron chi connectivity index (χ3n) is 5.39. The van der Waals surface area contributed by atoms with E-state index in [1.54, 1.807) is 4.90 Å². The minimum absolute atomic E-state index is 0.0477. The molecule has 1 heterocycles. The fourth-order valence-electron chi connectivity index (χ4n) is 3.97. The van der Waals surface area contributed by atoms with Crippen molar-refractivity contribution in [3.8, 4) is 11.1 Å². The number of benzene rings is 3. The van der Waals surface area contributed by atoms with E-state index in [9.17, 15) is 9.59 Å². The number of carbonyl (C=O) groups is 2. The van der Waals surface area contributed by atoms with Gasteiger partial charge in [-0.25, -0.2) is 0 Å². The van der Waals surface area contributed by atoms with E-state index in [2.05, 4.69) is 28.2 Å². The highest BCUT2D eigenvalue weighted by atomic mass is 16.2. The summed E-state index contributed by atoms with van der Waals surface area (Å²) in [6.45, 7) is 1.99. The van der Waals surface area contributed by atoms with Gasteiger partial charge in [-0.15, -0.1) is 0 Å². The Bertz CT molecular complexity index is 1270. The van der Waals surface area contributed by atoms with E-state index >= 15 is 0 Å². The SMILES string of the molecule is CC(=O)Nc1cccc(-c2ccccc2C(=O)N(C)Cc2cn(C)c3ccccc23)c1. The average molecular weight is 412 g/mol. The van der Waals surface area contributed by atoms with Gasteiger partial charge in [-0.1, -0.05) is 48.5 Å². The van der Waals surface area contributed by atoms with Gasteiger partial charge in [0.1, 0.15) is 0 Å². The van der Waals surface area contributed by atoms with E-state index in [1.807, 2.05) is 74.8 Å². The highest BCUT2D eigenvalue weighted by Crippen LogP contribution is 2.28. The second kappa shape index (κ2) is 8.48. The molecular weight excluding hydrogens is 386 g/mol. The van der Waals surface area contributed by atoms with Crippen molar-refractivity contribution >= 4 is 28.4 Å². The van der Waals surface area contributed by atoms with Crippen molar-refractivity contribution in [3.05, 3.63) is 90.1 Å². The molecule has 4 rings (SSSR count). The molecule has 0 aliphatic heterocycles. The molecule has 0 fully saturated rings. The Kier molecular flexibility index (Phi) is 5.58. The van der Waals surface area contributed by atoms with Crippen LogP contribution in [-0.4, -0.2) is 28.3 Å². The Labute approximate surface area is 181 Å². The number of hydrogen-bond acceptors (Lipinski definition) is 2. The van der Waals surface area contributed by atoms with Gasteiger partial charge in [-0.3, -0.25) is 9.59 Å². The van der Waals surface area contributed by atoms with Gasteiger partial charge < -0.3 is 14.8 Å². The van der Waals surface area contributed by atoms with Crippen LogP contribution in [0.25, 0.3) is 22.0 Å². The van der Waals surface area contributed by atoms with E-state index in [0.717, 1.165) is 27.6 Å². The molecule has 0 unspecified atom stereocenters. The second-order valence-corrected chi connectivity index (χ2v) is 7.75. The lowest BCUT2D eigenvalue weighted by atomic mass is 9.98. The van der Waals surface area contributed by atoms with Gasteiger partial charge in [0, 0.05) is 55.9 Å². The van der Waals surface area contributed by atoms with Crippen molar-refractivity contribution in [1.82, 2.24) is 9.47 Å². The summed E-state index contributed by atoms with van der Waals surface area (Å²) in [5.41, 5.74) is 5.31. The van der Waals surface area contributed by atoms with Crippen molar-refractivity contribution in [2.45, 2.75) is 13.5 Å².